The Labute approximate surface area is 202 Å². The number of rotatable bonds is 11. The van der Waals surface area contributed by atoms with E-state index in [2.05, 4.69) is 15.6 Å². The van der Waals surface area contributed by atoms with Crippen molar-refractivity contribution in [3.05, 3.63) is 70.7 Å². The Morgan fingerprint density at radius 2 is 2.06 bits per heavy atom. The fourth-order valence-electron chi connectivity index (χ4n) is 2.97. The fraction of sp³-hybridized carbons (Fsp3) is 0.333. The number of methoxy groups -OCH3 is 1. The van der Waals surface area contributed by atoms with E-state index >= 15 is 0 Å². The molecule has 1 atom stereocenters. The molecule has 0 aliphatic carbocycles. The molecule has 188 valence electrons. The quantitative estimate of drug-likeness (QED) is 0.142. The third-order valence-corrected chi connectivity index (χ3v) is 4.97. The summed E-state index contributed by atoms with van der Waals surface area (Å²) in [6, 6.07) is 5.76. The highest BCUT2D eigenvalue weighted by Crippen LogP contribution is 2.24. The number of halogens is 1. The second-order valence-electron chi connectivity index (χ2n) is 7.51. The van der Waals surface area contributed by atoms with Gasteiger partial charge in [0.1, 0.15) is 17.3 Å². The van der Waals surface area contributed by atoms with E-state index in [1.54, 1.807) is 12.1 Å². The lowest BCUT2D eigenvalue weighted by molar-refractivity contribution is -0.133. The van der Waals surface area contributed by atoms with Gasteiger partial charge in [-0.25, -0.2) is 4.39 Å². The highest BCUT2D eigenvalue weighted by atomic mass is 19.1. The molecule has 0 fully saturated rings. The minimum Gasteiger partial charge on any atom is -0.506 e. The number of hydrogen-bond acceptors (Lipinski definition) is 7. The van der Waals surface area contributed by atoms with E-state index in [-0.39, 0.29) is 36.6 Å². The molecule has 1 heterocycles. The van der Waals surface area contributed by atoms with Gasteiger partial charge in [0, 0.05) is 45.1 Å². The number of carbonyl (C=O) groups excluding carboxylic acids is 3. The number of nitrogens with one attached hydrogen (secondary N) is 2. The van der Waals surface area contributed by atoms with Gasteiger partial charge in [-0.3, -0.25) is 19.4 Å². The molecule has 0 radical (unpaired) electrons. The highest BCUT2D eigenvalue weighted by Gasteiger charge is 2.28. The first-order valence-electron chi connectivity index (χ1n) is 10.7. The molecule has 2 rings (SSSR count). The Hall–Kier alpha value is -3.99. The second kappa shape index (κ2) is 13.7. The summed E-state index contributed by atoms with van der Waals surface area (Å²) in [5.74, 6) is -1.44. The average Bonchev–Trinajstić information content (AvgIpc) is 2.87. The van der Waals surface area contributed by atoms with E-state index in [1.807, 2.05) is 0 Å². The van der Waals surface area contributed by atoms with Crippen molar-refractivity contribution in [1.82, 2.24) is 15.5 Å². The molecule has 11 heteroatoms. The summed E-state index contributed by atoms with van der Waals surface area (Å²) in [7, 11) is 2.96. The van der Waals surface area contributed by atoms with E-state index in [4.69, 9.17) is 9.47 Å². The number of benzene rings is 1. The predicted octanol–water partition coefficient (Wildman–Crippen LogP) is 1.36. The highest BCUT2D eigenvalue weighted by molar-refractivity contribution is 5.98. The van der Waals surface area contributed by atoms with Crippen molar-refractivity contribution >= 4 is 24.4 Å². The molecule has 10 nitrogen and oxygen atoms in total. The molecular formula is C24H29FN4O6. The van der Waals surface area contributed by atoms with E-state index < -0.39 is 23.7 Å². The van der Waals surface area contributed by atoms with Gasteiger partial charge in [-0.15, -0.1) is 0 Å². The lowest BCUT2D eigenvalue weighted by atomic mass is 10.0. The Kier molecular flexibility index (Phi) is 10.6. The van der Waals surface area contributed by atoms with Gasteiger partial charge in [0.2, 0.25) is 6.41 Å². The molecule has 0 spiro atoms. The standard InChI is InChI=1S/C24H29FN4O6/c1-16(23(32)28-8-9-34-3)20(31)12-27-11-18(10-17-4-6-19(25)7-5-17)21-13-29(15-30)14-22(35-21)24(33)26-2/h4-7,11-13,15,22,31H,8-10,14H2,1-3H3,(H,26,33)(H,28,32)/b18-11-,20-16-,27-12-. The number of nitrogens with zero attached hydrogens (tertiary/aromatic N) is 2. The fourth-order valence-corrected chi connectivity index (χ4v) is 2.97. The van der Waals surface area contributed by atoms with Crippen LogP contribution < -0.4 is 10.6 Å². The van der Waals surface area contributed by atoms with Crippen molar-refractivity contribution in [3.63, 3.8) is 0 Å². The average molecular weight is 489 g/mol. The van der Waals surface area contributed by atoms with Crippen LogP contribution in [0.2, 0.25) is 0 Å². The second-order valence-corrected chi connectivity index (χ2v) is 7.51. The molecule has 0 aromatic heterocycles. The lowest BCUT2D eigenvalue weighted by Crippen LogP contribution is -2.44. The zero-order chi connectivity index (χ0) is 25.8. The molecule has 0 saturated heterocycles. The third-order valence-electron chi connectivity index (χ3n) is 4.97. The monoisotopic (exact) mass is 488 g/mol. The van der Waals surface area contributed by atoms with E-state index in [1.165, 1.54) is 50.5 Å². The minimum atomic E-state index is -0.947. The predicted molar refractivity (Wildman–Crippen MR) is 127 cm³/mol. The largest absolute Gasteiger partial charge is 0.506 e. The number of aliphatic imine (C=N–C) groups is 1. The lowest BCUT2D eigenvalue weighted by Gasteiger charge is -2.29. The molecule has 3 N–H and O–H groups in total. The van der Waals surface area contributed by atoms with Crippen LogP contribution in [-0.2, 0) is 30.3 Å². The number of allylic oxidation sites excluding steroid dienone is 2. The Morgan fingerprint density at radius 1 is 1.34 bits per heavy atom. The molecule has 1 aliphatic heterocycles. The number of ether oxygens (including phenoxy) is 2. The molecule has 1 aromatic carbocycles. The van der Waals surface area contributed by atoms with Crippen LogP contribution in [0, 0.1) is 5.82 Å². The van der Waals surface area contributed by atoms with Gasteiger partial charge in [0.25, 0.3) is 11.8 Å². The molecule has 1 unspecified atom stereocenters. The molecular weight excluding hydrogens is 459 g/mol. The van der Waals surface area contributed by atoms with Gasteiger partial charge < -0.3 is 30.1 Å². The molecule has 3 amide bonds. The van der Waals surface area contributed by atoms with Gasteiger partial charge in [0.05, 0.1) is 24.9 Å². The molecule has 1 aliphatic rings. The van der Waals surface area contributed by atoms with Crippen LogP contribution in [0.1, 0.15) is 12.5 Å². The maximum Gasteiger partial charge on any atom is 0.262 e. The van der Waals surface area contributed by atoms with Crippen LogP contribution in [0.15, 0.2) is 64.3 Å². The summed E-state index contributed by atoms with van der Waals surface area (Å²) in [5, 5.41) is 15.3. The number of aliphatic hydroxyl groups excluding tert-OH is 1. The van der Waals surface area contributed by atoms with E-state index in [0.717, 1.165) is 6.21 Å². The molecule has 35 heavy (non-hydrogen) atoms. The number of hydrogen-bond donors (Lipinski definition) is 3. The zero-order valence-corrected chi connectivity index (χ0v) is 19.8. The van der Waals surface area contributed by atoms with Crippen molar-refractivity contribution in [3.8, 4) is 0 Å². The van der Waals surface area contributed by atoms with Gasteiger partial charge >= 0.3 is 0 Å². The van der Waals surface area contributed by atoms with Crippen LogP contribution in [0.4, 0.5) is 4.39 Å². The van der Waals surface area contributed by atoms with Crippen molar-refractivity contribution in [2.75, 3.05) is 33.9 Å². The van der Waals surface area contributed by atoms with Crippen molar-refractivity contribution < 1.29 is 33.4 Å². The van der Waals surface area contributed by atoms with E-state index in [0.29, 0.717) is 24.2 Å². The van der Waals surface area contributed by atoms with Crippen LogP contribution in [0.25, 0.3) is 0 Å². The summed E-state index contributed by atoms with van der Waals surface area (Å²) < 4.78 is 24.0. The SMILES string of the molecule is CNC(=O)C1CN(C=O)C=C(\C(=C/N=C\C(O)=C(/C)C(=O)NCCOC)Cc2ccc(F)cc2)O1. The molecule has 1 aromatic rings. The summed E-state index contributed by atoms with van der Waals surface area (Å²) in [6.45, 7) is 2.08. The maximum absolute atomic E-state index is 13.3. The van der Waals surface area contributed by atoms with Crippen LogP contribution in [0.5, 0.6) is 0 Å². The Balaban J connectivity index is 2.34. The van der Waals surface area contributed by atoms with Gasteiger partial charge in [-0.2, -0.15) is 0 Å². The molecule has 0 bridgehead atoms. The summed E-state index contributed by atoms with van der Waals surface area (Å²) >= 11 is 0. The normalized spacial score (nSPS) is 16.8. The first kappa shape index (κ1) is 27.3. The first-order chi connectivity index (χ1) is 16.8. The Morgan fingerprint density at radius 3 is 2.69 bits per heavy atom. The molecule has 0 saturated carbocycles. The number of likely N-dealkylation sites (N-methyl/N-ethyl adjacent to an activating group) is 1. The van der Waals surface area contributed by atoms with Crippen molar-refractivity contribution in [2.45, 2.75) is 19.4 Å². The Bertz CT molecular complexity index is 1030. The first-order valence-corrected chi connectivity index (χ1v) is 10.7. The van der Waals surface area contributed by atoms with Gasteiger partial charge in [-0.05, 0) is 24.6 Å². The van der Waals surface area contributed by atoms with Gasteiger partial charge in [-0.1, -0.05) is 12.1 Å². The maximum atomic E-state index is 13.3. The topological polar surface area (TPSA) is 130 Å². The zero-order valence-electron chi connectivity index (χ0n) is 19.8. The van der Waals surface area contributed by atoms with E-state index in [9.17, 15) is 23.9 Å². The number of aliphatic hydroxyl groups is 1. The van der Waals surface area contributed by atoms with Crippen LogP contribution in [0.3, 0.4) is 0 Å². The third kappa shape index (κ3) is 8.38. The van der Waals surface area contributed by atoms with Crippen molar-refractivity contribution in [1.29, 1.82) is 0 Å². The van der Waals surface area contributed by atoms with Crippen LogP contribution in [-0.4, -0.2) is 74.4 Å². The van der Waals surface area contributed by atoms with Crippen molar-refractivity contribution in [2.24, 2.45) is 4.99 Å². The summed E-state index contributed by atoms with van der Waals surface area (Å²) in [5.41, 5.74) is 1.21. The number of carbonyl (C=O) groups is 3. The van der Waals surface area contributed by atoms with Gasteiger partial charge in [0.15, 0.2) is 6.10 Å². The summed E-state index contributed by atoms with van der Waals surface area (Å²) in [4.78, 5) is 41.0. The smallest absolute Gasteiger partial charge is 0.262 e. The summed E-state index contributed by atoms with van der Waals surface area (Å²) in [6.07, 6.45) is 3.73. The number of amides is 3. The minimum absolute atomic E-state index is 0.0284. The van der Waals surface area contributed by atoms with Crippen LogP contribution >= 0.6 is 0 Å².